The van der Waals surface area contributed by atoms with E-state index in [1.165, 1.54) is 6.92 Å². The van der Waals surface area contributed by atoms with E-state index in [1.807, 2.05) is 60.7 Å². The molecule has 0 radical (unpaired) electrons. The Hall–Kier alpha value is -2.83. The molecule has 1 aliphatic rings. The number of likely N-dealkylation sites (tertiary alicyclic amines) is 1. The molecular formula is C23H22Cl2N2O4. The summed E-state index contributed by atoms with van der Waals surface area (Å²) in [4.78, 5) is 38.4. The fourth-order valence-electron chi connectivity index (χ4n) is 3.41. The summed E-state index contributed by atoms with van der Waals surface area (Å²) in [6.45, 7) is 5.12. The van der Waals surface area contributed by atoms with Crippen molar-refractivity contribution < 1.29 is 19.1 Å². The maximum Gasteiger partial charge on any atom is 0.334 e. The summed E-state index contributed by atoms with van der Waals surface area (Å²) in [7, 11) is 0. The lowest BCUT2D eigenvalue weighted by molar-refractivity contribution is -0.165. The fourth-order valence-corrected chi connectivity index (χ4v) is 3.94. The number of benzene rings is 2. The average Bonchev–Trinajstić information content (AvgIpc) is 2.79. The van der Waals surface area contributed by atoms with Gasteiger partial charge in [0.05, 0.1) is 0 Å². The largest absolute Gasteiger partial charge is 0.451 e. The van der Waals surface area contributed by atoms with Crippen LogP contribution in [0.25, 0.3) is 0 Å². The number of esters is 1. The zero-order chi connectivity index (χ0) is 22.5. The first kappa shape index (κ1) is 22.8. The van der Waals surface area contributed by atoms with E-state index in [4.69, 9.17) is 27.9 Å². The van der Waals surface area contributed by atoms with Crippen LogP contribution in [0, 0.1) is 0 Å². The number of β-lactam (4-membered cyclic amide) rings is 1. The summed E-state index contributed by atoms with van der Waals surface area (Å²) in [6, 6.07) is 16.4. The van der Waals surface area contributed by atoms with E-state index in [0.717, 1.165) is 16.0 Å². The highest BCUT2D eigenvalue weighted by molar-refractivity contribution is 6.27. The second-order valence-electron chi connectivity index (χ2n) is 7.13. The number of ether oxygens (including phenoxy) is 1. The molecule has 0 saturated carbocycles. The van der Waals surface area contributed by atoms with Crippen LogP contribution < -0.4 is 5.32 Å². The van der Waals surface area contributed by atoms with Gasteiger partial charge in [0.15, 0.2) is 12.1 Å². The zero-order valence-electron chi connectivity index (χ0n) is 16.8. The first-order valence-electron chi connectivity index (χ1n) is 9.62. The molecule has 3 unspecified atom stereocenters. The topological polar surface area (TPSA) is 75.7 Å². The summed E-state index contributed by atoms with van der Waals surface area (Å²) in [5, 5.41) is 2.48. The molecule has 2 amide bonds. The third-order valence-electron chi connectivity index (χ3n) is 4.92. The van der Waals surface area contributed by atoms with Crippen molar-refractivity contribution in [1.82, 2.24) is 10.2 Å². The van der Waals surface area contributed by atoms with Gasteiger partial charge in [-0.2, -0.15) is 0 Å². The Morgan fingerprint density at radius 1 is 1.10 bits per heavy atom. The highest BCUT2D eigenvalue weighted by Crippen LogP contribution is 2.33. The Morgan fingerprint density at radius 3 is 2.03 bits per heavy atom. The van der Waals surface area contributed by atoms with Crippen molar-refractivity contribution in [3.05, 3.63) is 83.9 Å². The van der Waals surface area contributed by atoms with Gasteiger partial charge in [-0.3, -0.25) is 9.59 Å². The fraction of sp³-hybridized carbons (Fsp3) is 0.261. The van der Waals surface area contributed by atoms with Crippen LogP contribution in [-0.4, -0.2) is 46.1 Å². The molecule has 8 heteroatoms. The lowest BCUT2D eigenvalue weighted by atomic mass is 9.98. The molecule has 0 aliphatic carbocycles. The Bertz CT molecular complexity index is 929. The second-order valence-corrected chi connectivity index (χ2v) is 7.84. The highest BCUT2D eigenvalue weighted by atomic mass is 35.5. The summed E-state index contributed by atoms with van der Waals surface area (Å²) >= 11 is 12.3. The molecule has 3 rings (SSSR count). The van der Waals surface area contributed by atoms with Crippen molar-refractivity contribution in [2.45, 2.75) is 30.6 Å². The summed E-state index contributed by atoms with van der Waals surface area (Å²) in [6.07, 6.45) is -0.697. The van der Waals surface area contributed by atoms with E-state index in [1.54, 1.807) is 0 Å². The second kappa shape index (κ2) is 9.98. The monoisotopic (exact) mass is 460 g/mol. The molecule has 6 nitrogen and oxygen atoms in total. The van der Waals surface area contributed by atoms with Gasteiger partial charge >= 0.3 is 5.97 Å². The molecule has 31 heavy (non-hydrogen) atoms. The molecule has 1 saturated heterocycles. The van der Waals surface area contributed by atoms with Crippen molar-refractivity contribution in [3.8, 4) is 0 Å². The molecular weight excluding hydrogens is 439 g/mol. The number of nitrogens with zero attached hydrogens (tertiary/aromatic N) is 1. The Balaban J connectivity index is 1.88. The number of halogens is 2. The molecule has 3 atom stereocenters. The maximum absolute atomic E-state index is 13.3. The maximum atomic E-state index is 13.3. The van der Waals surface area contributed by atoms with Crippen LogP contribution in [0.3, 0.4) is 0 Å². The number of rotatable bonds is 8. The van der Waals surface area contributed by atoms with Crippen molar-refractivity contribution in [3.63, 3.8) is 0 Å². The molecule has 0 bridgehead atoms. The lowest BCUT2D eigenvalue weighted by Gasteiger charge is -2.47. The number of nitrogens with one attached hydrogen (secondary N) is 1. The number of carbonyl (C=O) groups excluding carboxylic acids is 3. The molecule has 1 N–H and O–H groups in total. The minimum atomic E-state index is -1.17. The van der Waals surface area contributed by atoms with E-state index in [0.29, 0.717) is 0 Å². The minimum absolute atomic E-state index is 0.0701. The predicted octanol–water partition coefficient (Wildman–Crippen LogP) is 3.39. The SMILES string of the molecule is C=C(CCl)C(C(=O)OC(c1ccccc1)c1ccccc1)N1C(=O)C(NC(C)=O)C1Cl. The van der Waals surface area contributed by atoms with Crippen LogP contribution in [0.15, 0.2) is 72.8 Å². The summed E-state index contributed by atoms with van der Waals surface area (Å²) in [5.74, 6) is -1.67. The quantitative estimate of drug-likeness (QED) is 0.215. The normalized spacial score (nSPS) is 18.8. The van der Waals surface area contributed by atoms with Gasteiger partial charge in [-0.15, -0.1) is 11.6 Å². The van der Waals surface area contributed by atoms with Gasteiger partial charge in [-0.1, -0.05) is 78.8 Å². The number of amides is 2. The van der Waals surface area contributed by atoms with Crippen molar-refractivity contribution in [2.75, 3.05) is 5.88 Å². The summed E-state index contributed by atoms with van der Waals surface area (Å²) < 4.78 is 5.88. The van der Waals surface area contributed by atoms with Crippen LogP contribution in [0.2, 0.25) is 0 Å². The van der Waals surface area contributed by atoms with E-state index in [2.05, 4.69) is 11.9 Å². The van der Waals surface area contributed by atoms with E-state index >= 15 is 0 Å². The van der Waals surface area contributed by atoms with E-state index in [-0.39, 0.29) is 11.5 Å². The average molecular weight is 461 g/mol. The molecule has 1 aliphatic heterocycles. The van der Waals surface area contributed by atoms with Crippen molar-refractivity contribution in [1.29, 1.82) is 0 Å². The predicted molar refractivity (Wildman–Crippen MR) is 119 cm³/mol. The van der Waals surface area contributed by atoms with Gasteiger partial charge in [0, 0.05) is 12.8 Å². The Kier molecular flexibility index (Phi) is 7.36. The highest BCUT2D eigenvalue weighted by Gasteiger charge is 2.53. The summed E-state index contributed by atoms with van der Waals surface area (Å²) in [5.41, 5.74) is 0.879. The first-order chi connectivity index (χ1) is 14.8. The van der Waals surface area contributed by atoms with Gasteiger partial charge in [0.2, 0.25) is 5.91 Å². The first-order valence-corrected chi connectivity index (χ1v) is 10.6. The third-order valence-corrected chi connectivity index (χ3v) is 5.72. The van der Waals surface area contributed by atoms with Crippen molar-refractivity contribution in [2.24, 2.45) is 0 Å². The number of hydrogen-bond donors (Lipinski definition) is 1. The van der Waals surface area contributed by atoms with Crippen LogP contribution >= 0.6 is 23.2 Å². The van der Waals surface area contributed by atoms with Gasteiger partial charge in [-0.25, -0.2) is 4.79 Å². The smallest absolute Gasteiger partial charge is 0.334 e. The van der Waals surface area contributed by atoms with Crippen LogP contribution in [0.1, 0.15) is 24.2 Å². The minimum Gasteiger partial charge on any atom is -0.451 e. The van der Waals surface area contributed by atoms with Crippen LogP contribution in [-0.2, 0) is 19.1 Å². The van der Waals surface area contributed by atoms with Crippen molar-refractivity contribution >= 4 is 41.0 Å². The van der Waals surface area contributed by atoms with Gasteiger partial charge in [-0.05, 0) is 16.7 Å². The lowest BCUT2D eigenvalue weighted by Crippen LogP contribution is -2.72. The third kappa shape index (κ3) is 4.92. The zero-order valence-corrected chi connectivity index (χ0v) is 18.3. The van der Waals surface area contributed by atoms with E-state index < -0.39 is 41.5 Å². The Morgan fingerprint density at radius 2 is 1.61 bits per heavy atom. The molecule has 2 aromatic rings. The van der Waals surface area contributed by atoms with Gasteiger partial charge in [0.25, 0.3) is 5.91 Å². The molecule has 162 valence electrons. The molecule has 1 heterocycles. The molecule has 2 aromatic carbocycles. The van der Waals surface area contributed by atoms with Gasteiger partial charge < -0.3 is 15.0 Å². The van der Waals surface area contributed by atoms with Gasteiger partial charge in [0.1, 0.15) is 11.5 Å². The molecule has 1 fully saturated rings. The number of alkyl halides is 2. The Labute approximate surface area is 190 Å². The van der Waals surface area contributed by atoms with Crippen LogP contribution in [0.4, 0.5) is 0 Å². The number of hydrogen-bond acceptors (Lipinski definition) is 4. The molecule has 0 spiro atoms. The van der Waals surface area contributed by atoms with Crippen LogP contribution in [0.5, 0.6) is 0 Å². The standard InChI is InChI=1S/C23H22Cl2N2O4/c1-14(13-24)19(27-21(25)18(22(27)29)26-15(2)28)23(30)31-20(16-9-5-3-6-10-16)17-11-7-4-8-12-17/h3-12,18-21H,1,13H2,2H3,(H,26,28). The number of carbonyl (C=O) groups is 3. The molecule has 0 aromatic heterocycles. The van der Waals surface area contributed by atoms with E-state index in [9.17, 15) is 14.4 Å².